The summed E-state index contributed by atoms with van der Waals surface area (Å²) in [6.45, 7) is 2.03. The zero-order chi connectivity index (χ0) is 21.5. The second-order valence-corrected chi connectivity index (χ2v) is 6.73. The van der Waals surface area contributed by atoms with E-state index >= 15 is 0 Å². The van der Waals surface area contributed by atoms with Crippen LogP contribution in [0.25, 0.3) is 11.3 Å². The largest absolute Gasteiger partial charge is 0.496 e. The molecule has 0 fully saturated rings. The van der Waals surface area contributed by atoms with E-state index in [1.807, 2.05) is 29.6 Å². The Balaban J connectivity index is 1.80. The molecule has 0 bridgehead atoms. The minimum atomic E-state index is -0.515. The lowest BCUT2D eigenvalue weighted by atomic mass is 10.1. The van der Waals surface area contributed by atoms with Crippen LogP contribution in [0.1, 0.15) is 12.5 Å². The Bertz CT molecular complexity index is 1070. The van der Waals surface area contributed by atoms with Crippen LogP contribution in [0, 0.1) is 10.1 Å². The summed E-state index contributed by atoms with van der Waals surface area (Å²) in [4.78, 5) is 15.4. The third-order valence-electron chi connectivity index (χ3n) is 4.02. The summed E-state index contributed by atoms with van der Waals surface area (Å²) in [6, 6.07) is 10.6. The quantitative estimate of drug-likeness (QED) is 0.302. The maximum atomic E-state index is 11.4. The molecule has 0 atom stereocenters. The third kappa shape index (κ3) is 4.66. The van der Waals surface area contributed by atoms with Gasteiger partial charge in [0.15, 0.2) is 5.75 Å². The van der Waals surface area contributed by atoms with Gasteiger partial charge in [0.1, 0.15) is 5.75 Å². The average Bonchev–Trinajstić information content (AvgIpc) is 3.23. The summed E-state index contributed by atoms with van der Waals surface area (Å²) in [5.41, 5.74) is 4.77. The number of hydrogen-bond acceptors (Lipinski definition) is 9. The van der Waals surface area contributed by atoms with Crippen molar-refractivity contribution in [2.24, 2.45) is 5.10 Å². The number of nitro groups is 1. The minimum Gasteiger partial charge on any atom is -0.496 e. The number of aromatic nitrogens is 1. The van der Waals surface area contributed by atoms with Crippen molar-refractivity contribution >= 4 is 28.4 Å². The Morgan fingerprint density at radius 1 is 1.23 bits per heavy atom. The summed E-state index contributed by atoms with van der Waals surface area (Å²) in [6.07, 6.45) is 1.45. The molecule has 156 valence electrons. The summed E-state index contributed by atoms with van der Waals surface area (Å²) in [5, 5.41) is 18.0. The van der Waals surface area contributed by atoms with E-state index in [9.17, 15) is 10.1 Å². The van der Waals surface area contributed by atoms with E-state index in [4.69, 9.17) is 14.2 Å². The topological polar surface area (TPSA) is 108 Å². The molecule has 0 unspecified atom stereocenters. The molecule has 1 heterocycles. The number of nitrogens with zero attached hydrogens (tertiary/aromatic N) is 3. The number of thiazole rings is 1. The number of ether oxygens (including phenoxy) is 3. The Labute approximate surface area is 177 Å². The molecular formula is C20H20N4O5S. The van der Waals surface area contributed by atoms with Crippen LogP contribution in [0.4, 0.5) is 10.8 Å². The number of hydrogen-bond donors (Lipinski definition) is 1. The number of para-hydroxylation sites is 1. The van der Waals surface area contributed by atoms with Gasteiger partial charge in [0.05, 0.1) is 37.7 Å². The van der Waals surface area contributed by atoms with E-state index in [2.05, 4.69) is 15.5 Å². The zero-order valence-corrected chi connectivity index (χ0v) is 17.4. The SMILES string of the molecule is CCOc1c(OC)cc(/C=N\Nc2nc(-c3ccccc3OC)cs2)cc1[N+](=O)[O-]. The molecule has 0 spiro atoms. The molecule has 3 rings (SSSR count). The fourth-order valence-electron chi connectivity index (χ4n) is 2.73. The van der Waals surface area contributed by atoms with Crippen molar-refractivity contribution < 1.29 is 19.1 Å². The summed E-state index contributed by atoms with van der Waals surface area (Å²) >= 11 is 1.38. The van der Waals surface area contributed by atoms with Gasteiger partial charge in [-0.05, 0) is 25.1 Å². The lowest BCUT2D eigenvalue weighted by molar-refractivity contribution is -0.385. The van der Waals surface area contributed by atoms with E-state index in [1.54, 1.807) is 20.1 Å². The first-order chi connectivity index (χ1) is 14.6. The van der Waals surface area contributed by atoms with Gasteiger partial charge in [-0.15, -0.1) is 11.3 Å². The Morgan fingerprint density at radius 2 is 2.00 bits per heavy atom. The van der Waals surface area contributed by atoms with Crippen LogP contribution in [0.5, 0.6) is 17.2 Å². The van der Waals surface area contributed by atoms with E-state index < -0.39 is 4.92 Å². The van der Waals surface area contributed by atoms with Crippen LogP contribution < -0.4 is 19.6 Å². The molecule has 1 aromatic heterocycles. The first-order valence-corrected chi connectivity index (χ1v) is 9.82. The van der Waals surface area contributed by atoms with Gasteiger partial charge in [-0.1, -0.05) is 12.1 Å². The summed E-state index contributed by atoms with van der Waals surface area (Å²) in [5.74, 6) is 1.09. The van der Waals surface area contributed by atoms with Crippen LogP contribution in [0.15, 0.2) is 46.9 Å². The zero-order valence-electron chi connectivity index (χ0n) is 16.6. The second-order valence-electron chi connectivity index (χ2n) is 5.87. The highest BCUT2D eigenvalue weighted by atomic mass is 32.1. The van der Waals surface area contributed by atoms with Crippen LogP contribution in [0.2, 0.25) is 0 Å². The standard InChI is InChI=1S/C20H20N4O5S/c1-4-29-19-16(24(25)26)9-13(10-18(19)28-3)11-21-23-20-22-15(12-30-20)14-7-5-6-8-17(14)27-2/h5-12H,4H2,1-3H3,(H,22,23)/b21-11-. The van der Waals surface area contributed by atoms with E-state index in [-0.39, 0.29) is 23.8 Å². The van der Waals surface area contributed by atoms with Crippen LogP contribution in [-0.4, -0.2) is 36.9 Å². The molecule has 0 radical (unpaired) electrons. The maximum Gasteiger partial charge on any atom is 0.315 e. The van der Waals surface area contributed by atoms with Gasteiger partial charge in [0.25, 0.3) is 0 Å². The third-order valence-corrected chi connectivity index (χ3v) is 4.77. The Hall–Kier alpha value is -3.66. The molecule has 0 aliphatic rings. The molecule has 0 saturated heterocycles. The van der Waals surface area contributed by atoms with Gasteiger partial charge in [0, 0.05) is 22.6 Å². The van der Waals surface area contributed by atoms with Crippen molar-refractivity contribution in [3.8, 4) is 28.5 Å². The predicted molar refractivity (Wildman–Crippen MR) is 116 cm³/mol. The number of anilines is 1. The first kappa shape index (κ1) is 21.1. The lowest BCUT2D eigenvalue weighted by Gasteiger charge is -2.10. The van der Waals surface area contributed by atoms with E-state index in [0.29, 0.717) is 10.7 Å². The van der Waals surface area contributed by atoms with Gasteiger partial charge < -0.3 is 14.2 Å². The van der Waals surface area contributed by atoms with Crippen molar-refractivity contribution in [3.05, 3.63) is 57.5 Å². The molecule has 0 saturated carbocycles. The fourth-order valence-corrected chi connectivity index (χ4v) is 3.39. The normalized spacial score (nSPS) is 10.8. The number of hydrazone groups is 1. The summed E-state index contributed by atoms with van der Waals surface area (Å²) in [7, 11) is 3.04. The molecular weight excluding hydrogens is 408 g/mol. The molecule has 9 nitrogen and oxygen atoms in total. The van der Waals surface area contributed by atoms with Crippen LogP contribution >= 0.6 is 11.3 Å². The minimum absolute atomic E-state index is 0.0940. The van der Waals surface area contributed by atoms with Gasteiger partial charge in [-0.25, -0.2) is 4.98 Å². The fraction of sp³-hybridized carbons (Fsp3) is 0.200. The Kier molecular flexibility index (Phi) is 6.81. The van der Waals surface area contributed by atoms with Crippen LogP contribution in [-0.2, 0) is 0 Å². The number of rotatable bonds is 9. The highest BCUT2D eigenvalue weighted by Gasteiger charge is 2.21. The molecule has 0 amide bonds. The predicted octanol–water partition coefficient (Wildman–Crippen LogP) is 4.58. The van der Waals surface area contributed by atoms with Crippen molar-refractivity contribution in [1.82, 2.24) is 4.98 Å². The number of benzene rings is 2. The van der Waals surface area contributed by atoms with Crippen molar-refractivity contribution in [3.63, 3.8) is 0 Å². The first-order valence-electron chi connectivity index (χ1n) is 8.94. The molecule has 3 aromatic rings. The lowest BCUT2D eigenvalue weighted by Crippen LogP contribution is -2.02. The van der Waals surface area contributed by atoms with Crippen molar-refractivity contribution in [2.75, 3.05) is 26.3 Å². The number of nitrogens with one attached hydrogen (secondary N) is 1. The molecule has 1 N–H and O–H groups in total. The molecule has 30 heavy (non-hydrogen) atoms. The smallest absolute Gasteiger partial charge is 0.315 e. The van der Waals surface area contributed by atoms with Crippen molar-refractivity contribution in [1.29, 1.82) is 0 Å². The average molecular weight is 428 g/mol. The van der Waals surface area contributed by atoms with Crippen LogP contribution in [0.3, 0.4) is 0 Å². The van der Waals surface area contributed by atoms with Crippen molar-refractivity contribution in [2.45, 2.75) is 6.92 Å². The van der Waals surface area contributed by atoms with Gasteiger partial charge in [0.2, 0.25) is 10.9 Å². The Morgan fingerprint density at radius 3 is 2.70 bits per heavy atom. The number of methoxy groups -OCH3 is 2. The molecule has 2 aromatic carbocycles. The maximum absolute atomic E-state index is 11.4. The summed E-state index contributed by atoms with van der Waals surface area (Å²) < 4.78 is 16.0. The molecule has 0 aliphatic carbocycles. The van der Waals surface area contributed by atoms with E-state index in [0.717, 1.165) is 17.0 Å². The monoisotopic (exact) mass is 428 g/mol. The van der Waals surface area contributed by atoms with Gasteiger partial charge in [-0.2, -0.15) is 5.10 Å². The number of nitro benzene ring substituents is 1. The van der Waals surface area contributed by atoms with Gasteiger partial charge >= 0.3 is 5.69 Å². The van der Waals surface area contributed by atoms with Gasteiger partial charge in [-0.3, -0.25) is 15.5 Å². The highest BCUT2D eigenvalue weighted by molar-refractivity contribution is 7.14. The molecule has 0 aliphatic heterocycles. The highest BCUT2D eigenvalue weighted by Crippen LogP contribution is 2.38. The van der Waals surface area contributed by atoms with E-state index in [1.165, 1.54) is 30.7 Å². The molecule has 10 heteroatoms. The second kappa shape index (κ2) is 9.70.